The van der Waals surface area contributed by atoms with Crippen LogP contribution in [0, 0.1) is 0 Å². The predicted molar refractivity (Wildman–Crippen MR) is 51.1 cm³/mol. The van der Waals surface area contributed by atoms with Gasteiger partial charge in [0.2, 0.25) is 0 Å². The Hall–Kier alpha value is -0.340. The van der Waals surface area contributed by atoms with Gasteiger partial charge in [0.15, 0.2) is 0 Å². The van der Waals surface area contributed by atoms with E-state index in [4.69, 9.17) is 5.73 Å². The van der Waals surface area contributed by atoms with Crippen LogP contribution in [0.2, 0.25) is 0 Å². The first-order valence-electron chi connectivity index (χ1n) is 4.14. The average molecular weight is 169 g/mol. The summed E-state index contributed by atoms with van der Waals surface area (Å²) in [4.78, 5) is 2.96. The fourth-order valence-corrected chi connectivity index (χ4v) is 2.02. The van der Waals surface area contributed by atoms with Crippen LogP contribution < -0.4 is 5.73 Å². The molecule has 11 heavy (non-hydrogen) atoms. The van der Waals surface area contributed by atoms with Crippen molar-refractivity contribution in [2.75, 3.05) is 6.54 Å². The molecule has 62 valence electrons. The second kappa shape index (κ2) is 4.52. The largest absolute Gasteiger partial charge is 0.330 e. The first kappa shape index (κ1) is 8.75. The van der Waals surface area contributed by atoms with Crippen molar-refractivity contribution in [1.82, 2.24) is 0 Å². The summed E-state index contributed by atoms with van der Waals surface area (Å²) in [5.74, 6) is 0. The summed E-state index contributed by atoms with van der Waals surface area (Å²) >= 11 is 1.92. The SMILES string of the molecule is CCc1ccc(CCCN)s1. The van der Waals surface area contributed by atoms with E-state index in [-0.39, 0.29) is 0 Å². The fourth-order valence-electron chi connectivity index (χ4n) is 1.02. The van der Waals surface area contributed by atoms with Crippen LogP contribution in [0.15, 0.2) is 12.1 Å². The van der Waals surface area contributed by atoms with Crippen LogP contribution in [0.4, 0.5) is 0 Å². The summed E-state index contributed by atoms with van der Waals surface area (Å²) < 4.78 is 0. The Morgan fingerprint density at radius 2 is 2.09 bits per heavy atom. The molecule has 0 aromatic carbocycles. The van der Waals surface area contributed by atoms with Gasteiger partial charge in [-0.25, -0.2) is 0 Å². The lowest BCUT2D eigenvalue weighted by Gasteiger charge is -1.92. The predicted octanol–water partition coefficient (Wildman–Crippen LogP) is 2.20. The molecule has 0 unspecified atom stereocenters. The molecule has 0 bridgehead atoms. The zero-order valence-corrected chi connectivity index (χ0v) is 7.79. The Balaban J connectivity index is 2.44. The minimum absolute atomic E-state index is 0.805. The summed E-state index contributed by atoms with van der Waals surface area (Å²) in [6, 6.07) is 4.44. The van der Waals surface area contributed by atoms with Gasteiger partial charge in [-0.15, -0.1) is 11.3 Å². The van der Waals surface area contributed by atoms with Gasteiger partial charge in [-0.2, -0.15) is 0 Å². The monoisotopic (exact) mass is 169 g/mol. The van der Waals surface area contributed by atoms with Crippen LogP contribution >= 0.6 is 11.3 Å². The zero-order chi connectivity index (χ0) is 8.10. The summed E-state index contributed by atoms with van der Waals surface area (Å²) in [6.07, 6.45) is 3.43. The van der Waals surface area contributed by atoms with Crippen LogP contribution in [-0.2, 0) is 12.8 Å². The third-order valence-electron chi connectivity index (χ3n) is 1.69. The molecule has 0 aliphatic heterocycles. The van der Waals surface area contributed by atoms with Gasteiger partial charge in [0, 0.05) is 9.75 Å². The molecule has 1 nitrogen and oxygen atoms in total. The second-order valence-electron chi connectivity index (χ2n) is 2.61. The van der Waals surface area contributed by atoms with Crippen LogP contribution in [0.1, 0.15) is 23.1 Å². The zero-order valence-electron chi connectivity index (χ0n) is 6.97. The quantitative estimate of drug-likeness (QED) is 0.734. The lowest BCUT2D eigenvalue weighted by Crippen LogP contribution is -1.99. The molecule has 1 rings (SSSR count). The van der Waals surface area contributed by atoms with E-state index in [1.54, 1.807) is 0 Å². The summed E-state index contributed by atoms with van der Waals surface area (Å²) in [7, 11) is 0. The second-order valence-corrected chi connectivity index (χ2v) is 3.87. The highest BCUT2D eigenvalue weighted by atomic mass is 32.1. The molecule has 0 radical (unpaired) electrons. The van der Waals surface area contributed by atoms with Crippen molar-refractivity contribution < 1.29 is 0 Å². The number of thiophene rings is 1. The number of rotatable bonds is 4. The summed E-state index contributed by atoms with van der Waals surface area (Å²) in [5, 5.41) is 0. The first-order chi connectivity index (χ1) is 5.36. The van der Waals surface area contributed by atoms with E-state index >= 15 is 0 Å². The van der Waals surface area contributed by atoms with E-state index in [2.05, 4.69) is 19.1 Å². The fraction of sp³-hybridized carbons (Fsp3) is 0.556. The summed E-state index contributed by atoms with van der Waals surface area (Å²) in [6.45, 7) is 3.00. The molecule has 1 aromatic heterocycles. The van der Waals surface area contributed by atoms with Gasteiger partial charge >= 0.3 is 0 Å². The highest BCUT2D eigenvalue weighted by Gasteiger charge is 1.96. The Morgan fingerprint density at radius 3 is 2.64 bits per heavy atom. The molecule has 0 fully saturated rings. The molecular weight excluding hydrogens is 154 g/mol. The highest BCUT2D eigenvalue weighted by Crippen LogP contribution is 2.17. The van der Waals surface area contributed by atoms with E-state index in [0.29, 0.717) is 0 Å². The molecule has 0 aliphatic carbocycles. The summed E-state index contributed by atoms with van der Waals surface area (Å²) in [5.41, 5.74) is 5.42. The van der Waals surface area contributed by atoms with Gasteiger partial charge in [-0.05, 0) is 37.9 Å². The van der Waals surface area contributed by atoms with Crippen molar-refractivity contribution in [3.05, 3.63) is 21.9 Å². The van der Waals surface area contributed by atoms with Crippen LogP contribution in [0.3, 0.4) is 0 Å². The van der Waals surface area contributed by atoms with E-state index in [9.17, 15) is 0 Å². The van der Waals surface area contributed by atoms with E-state index < -0.39 is 0 Å². The molecule has 0 saturated carbocycles. The molecule has 0 spiro atoms. The Morgan fingerprint density at radius 1 is 1.36 bits per heavy atom. The van der Waals surface area contributed by atoms with Gasteiger partial charge < -0.3 is 5.73 Å². The maximum atomic E-state index is 5.42. The third-order valence-corrected chi connectivity index (χ3v) is 2.98. The van der Waals surface area contributed by atoms with Crippen molar-refractivity contribution >= 4 is 11.3 Å². The third kappa shape index (κ3) is 2.64. The number of hydrogen-bond donors (Lipinski definition) is 1. The number of hydrogen-bond acceptors (Lipinski definition) is 2. The molecule has 2 N–H and O–H groups in total. The van der Waals surface area contributed by atoms with Crippen LogP contribution in [0.25, 0.3) is 0 Å². The highest BCUT2D eigenvalue weighted by molar-refractivity contribution is 7.11. The molecule has 0 amide bonds. The maximum Gasteiger partial charge on any atom is 0.00486 e. The normalized spacial score (nSPS) is 10.4. The minimum atomic E-state index is 0.805. The van der Waals surface area contributed by atoms with Crippen molar-refractivity contribution in [3.63, 3.8) is 0 Å². The Labute approximate surface area is 72.2 Å². The van der Waals surface area contributed by atoms with Gasteiger partial charge in [0.1, 0.15) is 0 Å². The van der Waals surface area contributed by atoms with E-state index in [1.807, 2.05) is 11.3 Å². The van der Waals surface area contributed by atoms with Gasteiger partial charge in [-0.3, -0.25) is 0 Å². The van der Waals surface area contributed by atoms with E-state index in [0.717, 1.165) is 25.8 Å². The van der Waals surface area contributed by atoms with Crippen molar-refractivity contribution in [3.8, 4) is 0 Å². The van der Waals surface area contributed by atoms with Crippen molar-refractivity contribution in [1.29, 1.82) is 0 Å². The first-order valence-corrected chi connectivity index (χ1v) is 4.96. The average Bonchev–Trinajstić information content (AvgIpc) is 2.48. The Kier molecular flexibility index (Phi) is 3.60. The molecule has 1 aromatic rings. The molecule has 2 heteroatoms. The van der Waals surface area contributed by atoms with E-state index in [1.165, 1.54) is 9.75 Å². The molecule has 0 saturated heterocycles. The van der Waals surface area contributed by atoms with Crippen LogP contribution in [0.5, 0.6) is 0 Å². The number of aryl methyl sites for hydroxylation is 2. The topological polar surface area (TPSA) is 26.0 Å². The smallest absolute Gasteiger partial charge is 0.00486 e. The van der Waals surface area contributed by atoms with Gasteiger partial charge in [0.25, 0.3) is 0 Å². The number of nitrogens with two attached hydrogens (primary N) is 1. The lowest BCUT2D eigenvalue weighted by atomic mass is 10.2. The van der Waals surface area contributed by atoms with Crippen molar-refractivity contribution in [2.24, 2.45) is 5.73 Å². The van der Waals surface area contributed by atoms with Gasteiger partial charge in [-0.1, -0.05) is 6.92 Å². The molecule has 1 heterocycles. The molecule has 0 atom stereocenters. The Bertz CT molecular complexity index is 205. The molecular formula is C9H15NS. The van der Waals surface area contributed by atoms with Crippen molar-refractivity contribution in [2.45, 2.75) is 26.2 Å². The van der Waals surface area contributed by atoms with Crippen LogP contribution in [-0.4, -0.2) is 6.54 Å². The lowest BCUT2D eigenvalue weighted by molar-refractivity contribution is 0.843. The standard InChI is InChI=1S/C9H15NS/c1-2-8-5-6-9(11-8)4-3-7-10/h5-6H,2-4,7,10H2,1H3. The maximum absolute atomic E-state index is 5.42. The minimum Gasteiger partial charge on any atom is -0.330 e. The van der Waals surface area contributed by atoms with Gasteiger partial charge in [0.05, 0.1) is 0 Å². The molecule has 0 aliphatic rings.